The molecule has 158 valence electrons. The normalized spacial score (nSPS) is 11.6. The average molecular weight is 462 g/mol. The number of benzene rings is 2. The Balaban J connectivity index is 1.80. The first-order valence-corrected chi connectivity index (χ1v) is 11.1. The van der Waals surface area contributed by atoms with Crippen LogP contribution in [0.25, 0.3) is 22.2 Å². The summed E-state index contributed by atoms with van der Waals surface area (Å²) in [5, 5.41) is 0.999. The highest BCUT2D eigenvalue weighted by Gasteiger charge is 2.24. The van der Waals surface area contributed by atoms with Crippen molar-refractivity contribution in [2.75, 3.05) is 11.0 Å². The van der Waals surface area contributed by atoms with Crippen LogP contribution in [0.5, 0.6) is 0 Å². The Morgan fingerprint density at radius 1 is 1.06 bits per heavy atom. The van der Waals surface area contributed by atoms with Gasteiger partial charge >= 0.3 is 0 Å². The molecule has 0 atom stereocenters. The summed E-state index contributed by atoms with van der Waals surface area (Å²) >= 11 is 5.92. The van der Waals surface area contributed by atoms with Gasteiger partial charge < -0.3 is 4.98 Å². The lowest BCUT2D eigenvalue weighted by atomic mass is 10.00. The molecule has 0 aliphatic rings. The molecule has 0 saturated carbocycles. The van der Waals surface area contributed by atoms with Crippen molar-refractivity contribution in [2.45, 2.75) is 0 Å². The predicted molar refractivity (Wildman–Crippen MR) is 115 cm³/mol. The first-order chi connectivity index (χ1) is 14.6. The fourth-order valence-corrected chi connectivity index (χ4v) is 3.83. The zero-order valence-corrected chi connectivity index (χ0v) is 17.5. The molecule has 2 aromatic heterocycles. The van der Waals surface area contributed by atoms with Gasteiger partial charge in [-0.3, -0.25) is 9.52 Å². The Labute approximate surface area is 180 Å². The highest BCUT2D eigenvalue weighted by atomic mass is 35.5. The van der Waals surface area contributed by atoms with E-state index in [1.807, 2.05) is 0 Å². The number of hydrogen-bond acceptors (Lipinski definition) is 4. The Hall–Kier alpha value is -3.30. The summed E-state index contributed by atoms with van der Waals surface area (Å²) in [6, 6.07) is 10.5. The predicted octanol–water partition coefficient (Wildman–Crippen LogP) is 4.76. The maximum Gasteiger partial charge on any atom is 0.230 e. The zero-order chi connectivity index (χ0) is 22.3. The molecule has 31 heavy (non-hydrogen) atoms. The minimum absolute atomic E-state index is 0.106. The van der Waals surface area contributed by atoms with Gasteiger partial charge in [-0.15, -0.1) is 0 Å². The SMILES string of the molecule is CS(=O)(=O)Nc1c(F)ccc(C(=O)c2c[nH]c3ncc(-c4ccc(Cl)cc4)cc23)c1F. The van der Waals surface area contributed by atoms with Gasteiger partial charge in [-0.05, 0) is 35.9 Å². The summed E-state index contributed by atoms with van der Waals surface area (Å²) in [7, 11) is -3.96. The summed E-state index contributed by atoms with van der Waals surface area (Å²) in [6.45, 7) is 0. The number of nitrogens with one attached hydrogen (secondary N) is 2. The fraction of sp³-hybridized carbons (Fsp3) is 0.0476. The van der Waals surface area contributed by atoms with Crippen LogP contribution in [0.2, 0.25) is 5.02 Å². The van der Waals surface area contributed by atoms with E-state index in [4.69, 9.17) is 11.6 Å². The molecule has 2 heterocycles. The molecule has 0 unspecified atom stereocenters. The Morgan fingerprint density at radius 2 is 1.77 bits per heavy atom. The maximum absolute atomic E-state index is 14.9. The van der Waals surface area contributed by atoms with Crippen molar-refractivity contribution < 1.29 is 22.0 Å². The molecule has 0 aliphatic heterocycles. The van der Waals surface area contributed by atoms with E-state index in [1.165, 1.54) is 6.20 Å². The van der Waals surface area contributed by atoms with Crippen molar-refractivity contribution in [3.8, 4) is 11.1 Å². The van der Waals surface area contributed by atoms with Crippen LogP contribution in [0.15, 0.2) is 54.9 Å². The number of carbonyl (C=O) groups excluding carboxylic acids is 1. The fourth-order valence-electron chi connectivity index (χ4n) is 3.14. The van der Waals surface area contributed by atoms with E-state index in [2.05, 4.69) is 9.97 Å². The van der Waals surface area contributed by atoms with Crippen molar-refractivity contribution in [1.82, 2.24) is 9.97 Å². The van der Waals surface area contributed by atoms with Gasteiger partial charge in [0.05, 0.1) is 11.8 Å². The molecule has 6 nitrogen and oxygen atoms in total. The van der Waals surface area contributed by atoms with Crippen LogP contribution < -0.4 is 4.72 Å². The molecule has 4 rings (SSSR count). The summed E-state index contributed by atoms with van der Waals surface area (Å²) in [6.07, 6.45) is 3.74. The van der Waals surface area contributed by atoms with Crippen molar-refractivity contribution in [2.24, 2.45) is 0 Å². The number of nitrogens with zero attached hydrogens (tertiary/aromatic N) is 1. The van der Waals surface area contributed by atoms with Crippen LogP contribution in [0.3, 0.4) is 0 Å². The standard InChI is InChI=1S/C21H14ClF2N3O3S/c1-31(29,30)27-19-17(23)7-6-14(18(19)24)20(28)16-10-26-21-15(16)8-12(9-25-21)11-2-4-13(22)5-3-11/h2-10,27H,1H3,(H,25,26). The number of anilines is 1. The second kappa shape index (κ2) is 7.75. The summed E-state index contributed by atoms with van der Waals surface area (Å²) in [5.41, 5.74) is 0.633. The van der Waals surface area contributed by atoms with Gasteiger partial charge in [0.25, 0.3) is 0 Å². The Bertz CT molecular complexity index is 1430. The summed E-state index contributed by atoms with van der Waals surface area (Å²) < 4.78 is 53.5. The molecule has 10 heteroatoms. The smallest absolute Gasteiger partial charge is 0.230 e. The zero-order valence-electron chi connectivity index (χ0n) is 15.9. The number of aromatic amines is 1. The van der Waals surface area contributed by atoms with Gasteiger partial charge in [-0.1, -0.05) is 23.7 Å². The van der Waals surface area contributed by atoms with Crippen LogP contribution >= 0.6 is 11.6 Å². The lowest BCUT2D eigenvalue weighted by molar-refractivity contribution is 0.103. The number of sulfonamides is 1. The molecule has 2 aromatic carbocycles. The van der Waals surface area contributed by atoms with Crippen LogP contribution in [-0.2, 0) is 10.0 Å². The van der Waals surface area contributed by atoms with Gasteiger partial charge in [-0.25, -0.2) is 22.2 Å². The lowest BCUT2D eigenvalue weighted by Crippen LogP contribution is -2.15. The largest absolute Gasteiger partial charge is 0.345 e. The van der Waals surface area contributed by atoms with E-state index in [0.29, 0.717) is 21.6 Å². The highest BCUT2D eigenvalue weighted by molar-refractivity contribution is 7.92. The minimum Gasteiger partial charge on any atom is -0.345 e. The Morgan fingerprint density at radius 3 is 2.45 bits per heavy atom. The van der Waals surface area contributed by atoms with Crippen LogP contribution in [0.1, 0.15) is 15.9 Å². The molecule has 4 aromatic rings. The third-order valence-electron chi connectivity index (χ3n) is 4.58. The molecule has 0 aliphatic carbocycles. The topological polar surface area (TPSA) is 91.9 Å². The van der Waals surface area contributed by atoms with E-state index >= 15 is 0 Å². The number of aromatic nitrogens is 2. The number of fused-ring (bicyclic) bond motifs is 1. The van der Waals surface area contributed by atoms with Crippen molar-refractivity contribution in [3.63, 3.8) is 0 Å². The third-order valence-corrected chi connectivity index (χ3v) is 5.40. The summed E-state index contributed by atoms with van der Waals surface area (Å²) in [5.74, 6) is -3.19. The lowest BCUT2D eigenvalue weighted by Gasteiger charge is -2.10. The van der Waals surface area contributed by atoms with Gasteiger partial charge in [0, 0.05) is 33.9 Å². The number of ketones is 1. The molecule has 0 amide bonds. The third kappa shape index (κ3) is 4.14. The number of H-pyrrole nitrogens is 1. The quantitative estimate of drug-likeness (QED) is 0.419. The monoisotopic (exact) mass is 461 g/mol. The van der Waals surface area contributed by atoms with E-state index in [0.717, 1.165) is 24.0 Å². The average Bonchev–Trinajstić information content (AvgIpc) is 3.14. The van der Waals surface area contributed by atoms with E-state index in [-0.39, 0.29) is 5.56 Å². The van der Waals surface area contributed by atoms with Crippen molar-refractivity contribution in [1.29, 1.82) is 0 Å². The van der Waals surface area contributed by atoms with Gasteiger partial charge in [0.1, 0.15) is 17.2 Å². The molecule has 2 N–H and O–H groups in total. The molecule has 0 fully saturated rings. The molecule has 0 spiro atoms. The molecule has 0 bridgehead atoms. The first-order valence-electron chi connectivity index (χ1n) is 8.87. The minimum atomic E-state index is -3.96. The Kier molecular flexibility index (Phi) is 5.24. The van der Waals surface area contributed by atoms with Gasteiger partial charge in [0.15, 0.2) is 11.6 Å². The second-order valence-corrected chi connectivity index (χ2v) is 9.00. The van der Waals surface area contributed by atoms with E-state index < -0.39 is 38.7 Å². The van der Waals surface area contributed by atoms with Crippen molar-refractivity contribution >= 4 is 44.1 Å². The van der Waals surface area contributed by atoms with Crippen LogP contribution in [0.4, 0.5) is 14.5 Å². The molecule has 0 radical (unpaired) electrons. The van der Waals surface area contributed by atoms with E-state index in [1.54, 1.807) is 41.3 Å². The number of carbonyl (C=O) groups is 1. The summed E-state index contributed by atoms with van der Waals surface area (Å²) in [4.78, 5) is 20.2. The van der Waals surface area contributed by atoms with Crippen LogP contribution in [0, 0.1) is 11.6 Å². The van der Waals surface area contributed by atoms with E-state index in [9.17, 15) is 22.0 Å². The van der Waals surface area contributed by atoms with Crippen LogP contribution in [-0.4, -0.2) is 30.4 Å². The first kappa shape index (κ1) is 21.0. The molecular weight excluding hydrogens is 448 g/mol. The van der Waals surface area contributed by atoms with Gasteiger partial charge in [0.2, 0.25) is 10.0 Å². The molecular formula is C21H14ClF2N3O3S. The number of halogens is 3. The van der Waals surface area contributed by atoms with Crippen molar-refractivity contribution in [3.05, 3.63) is 82.6 Å². The molecule has 0 saturated heterocycles. The number of hydrogen-bond donors (Lipinski definition) is 2. The highest BCUT2D eigenvalue weighted by Crippen LogP contribution is 2.29. The second-order valence-electron chi connectivity index (χ2n) is 6.82. The van der Waals surface area contributed by atoms with Gasteiger partial charge in [-0.2, -0.15) is 0 Å². The number of pyridine rings is 1. The maximum atomic E-state index is 14.9. The number of rotatable bonds is 5.